The number of nitrogens with zero attached hydrogens (tertiary/aromatic N) is 2. The molecular formula is C10H7BrCl2N4O. The van der Waals surface area contributed by atoms with Crippen molar-refractivity contribution in [2.75, 3.05) is 5.43 Å². The molecule has 0 fully saturated rings. The molecule has 0 radical (unpaired) electrons. The molecule has 1 heterocycles. The van der Waals surface area contributed by atoms with Crippen LogP contribution >= 0.6 is 39.1 Å². The first-order valence-electron chi connectivity index (χ1n) is 4.71. The van der Waals surface area contributed by atoms with Crippen molar-refractivity contribution < 1.29 is 4.74 Å². The van der Waals surface area contributed by atoms with E-state index in [1.807, 2.05) is 0 Å². The van der Waals surface area contributed by atoms with Gasteiger partial charge in [0, 0.05) is 10.5 Å². The van der Waals surface area contributed by atoms with Crippen molar-refractivity contribution in [3.63, 3.8) is 0 Å². The second-order valence-corrected chi connectivity index (χ2v) is 4.85. The summed E-state index contributed by atoms with van der Waals surface area (Å²) < 4.78 is 6.17. The molecule has 5 nitrogen and oxygen atoms in total. The number of anilines is 1. The Bertz CT molecular complexity index is 582. The first-order chi connectivity index (χ1) is 8.60. The lowest BCUT2D eigenvalue weighted by Crippen LogP contribution is -2.09. The molecule has 0 aliphatic carbocycles. The zero-order valence-corrected chi connectivity index (χ0v) is 11.9. The Morgan fingerprint density at radius 3 is 2.72 bits per heavy atom. The number of halogens is 3. The molecule has 0 saturated heterocycles. The number of hydrogen-bond acceptors (Lipinski definition) is 5. The van der Waals surface area contributed by atoms with E-state index in [0.717, 1.165) is 0 Å². The van der Waals surface area contributed by atoms with Gasteiger partial charge in [-0.15, -0.1) is 0 Å². The van der Waals surface area contributed by atoms with Gasteiger partial charge in [-0.05, 0) is 22.0 Å². The fourth-order valence-electron chi connectivity index (χ4n) is 1.16. The number of hydrogen-bond donors (Lipinski definition) is 2. The van der Waals surface area contributed by atoms with Gasteiger partial charge < -0.3 is 10.2 Å². The predicted octanol–water partition coefficient (Wildman–Crippen LogP) is 3.62. The van der Waals surface area contributed by atoms with Crippen molar-refractivity contribution in [1.82, 2.24) is 9.97 Å². The third-order valence-electron chi connectivity index (χ3n) is 1.95. The quantitative estimate of drug-likeness (QED) is 0.503. The zero-order valence-electron chi connectivity index (χ0n) is 8.82. The highest BCUT2D eigenvalue weighted by atomic mass is 79.9. The molecular weight excluding hydrogens is 343 g/mol. The van der Waals surface area contributed by atoms with Gasteiger partial charge in [-0.25, -0.2) is 5.84 Å². The van der Waals surface area contributed by atoms with Crippen LogP contribution in [-0.2, 0) is 0 Å². The molecule has 0 aliphatic heterocycles. The van der Waals surface area contributed by atoms with E-state index in [9.17, 15) is 0 Å². The lowest BCUT2D eigenvalue weighted by atomic mass is 10.3. The lowest BCUT2D eigenvalue weighted by Gasteiger charge is -2.08. The number of benzene rings is 1. The number of aromatic nitrogens is 2. The highest BCUT2D eigenvalue weighted by Gasteiger charge is 2.09. The number of hydrazine groups is 1. The third kappa shape index (κ3) is 3.02. The van der Waals surface area contributed by atoms with Crippen molar-refractivity contribution in [3.05, 3.63) is 39.0 Å². The van der Waals surface area contributed by atoms with E-state index in [-0.39, 0.29) is 5.88 Å². The Hall–Kier alpha value is -1.08. The van der Waals surface area contributed by atoms with Crippen LogP contribution in [0.3, 0.4) is 0 Å². The Labute approximate surface area is 121 Å². The monoisotopic (exact) mass is 348 g/mol. The second kappa shape index (κ2) is 5.71. The van der Waals surface area contributed by atoms with Crippen LogP contribution in [0, 0.1) is 0 Å². The predicted molar refractivity (Wildman–Crippen MR) is 74.1 cm³/mol. The highest BCUT2D eigenvalue weighted by molar-refractivity contribution is 9.10. The molecule has 18 heavy (non-hydrogen) atoms. The van der Waals surface area contributed by atoms with Crippen LogP contribution in [0.25, 0.3) is 0 Å². The maximum atomic E-state index is 6.02. The number of rotatable bonds is 3. The van der Waals surface area contributed by atoms with Crippen molar-refractivity contribution >= 4 is 44.9 Å². The summed E-state index contributed by atoms with van der Waals surface area (Å²) in [6, 6.07) is 3.22. The van der Waals surface area contributed by atoms with Gasteiger partial charge >= 0.3 is 0 Å². The molecule has 3 N–H and O–H groups in total. The van der Waals surface area contributed by atoms with E-state index in [2.05, 4.69) is 31.3 Å². The summed E-state index contributed by atoms with van der Waals surface area (Å²) >= 11 is 15.2. The minimum absolute atomic E-state index is 0.255. The number of ether oxygens (including phenoxy) is 1. The third-order valence-corrected chi connectivity index (χ3v) is 3.44. The molecule has 0 unspecified atom stereocenters. The van der Waals surface area contributed by atoms with Crippen LogP contribution in [0.5, 0.6) is 11.6 Å². The summed E-state index contributed by atoms with van der Waals surface area (Å²) in [6.07, 6.45) is 2.90. The summed E-state index contributed by atoms with van der Waals surface area (Å²) in [5, 5.41) is 0.884. The molecule has 0 atom stereocenters. The average molecular weight is 350 g/mol. The molecule has 0 bridgehead atoms. The van der Waals surface area contributed by atoms with Crippen molar-refractivity contribution in [1.29, 1.82) is 0 Å². The van der Waals surface area contributed by atoms with E-state index in [4.69, 9.17) is 33.8 Å². The summed E-state index contributed by atoms with van der Waals surface area (Å²) in [6.45, 7) is 0. The molecule has 2 aromatic rings. The van der Waals surface area contributed by atoms with E-state index < -0.39 is 0 Å². The number of nitrogens with two attached hydrogens (primary N) is 1. The maximum Gasteiger partial charge on any atom is 0.239 e. The van der Waals surface area contributed by atoms with Crippen LogP contribution in [-0.4, -0.2) is 9.97 Å². The fourth-order valence-corrected chi connectivity index (χ4v) is 1.99. The topological polar surface area (TPSA) is 73.1 Å². The van der Waals surface area contributed by atoms with Crippen LogP contribution in [0.4, 0.5) is 5.82 Å². The Morgan fingerprint density at radius 1 is 1.22 bits per heavy atom. The SMILES string of the molecule is NNc1cncc(Oc2cc(Cl)c(Br)cc2Cl)n1. The Balaban J connectivity index is 2.30. The molecule has 0 amide bonds. The highest BCUT2D eigenvalue weighted by Crippen LogP contribution is 2.36. The minimum atomic E-state index is 0.255. The zero-order chi connectivity index (χ0) is 13.1. The van der Waals surface area contributed by atoms with Gasteiger partial charge in [0.25, 0.3) is 0 Å². The van der Waals surface area contributed by atoms with E-state index in [1.54, 1.807) is 12.1 Å². The van der Waals surface area contributed by atoms with E-state index in [0.29, 0.717) is 26.1 Å². The molecule has 94 valence electrons. The first kappa shape index (κ1) is 13.4. The molecule has 1 aromatic carbocycles. The van der Waals surface area contributed by atoms with E-state index in [1.165, 1.54) is 12.4 Å². The second-order valence-electron chi connectivity index (χ2n) is 3.19. The Kier molecular flexibility index (Phi) is 4.23. The van der Waals surface area contributed by atoms with Crippen molar-refractivity contribution in [2.24, 2.45) is 5.84 Å². The normalized spacial score (nSPS) is 10.2. The summed E-state index contributed by atoms with van der Waals surface area (Å²) in [4.78, 5) is 7.95. The van der Waals surface area contributed by atoms with Crippen LogP contribution in [0.15, 0.2) is 29.0 Å². The van der Waals surface area contributed by atoms with Crippen molar-refractivity contribution in [3.8, 4) is 11.6 Å². The molecule has 0 spiro atoms. The molecule has 8 heteroatoms. The van der Waals surface area contributed by atoms with Crippen LogP contribution in [0.2, 0.25) is 10.0 Å². The minimum Gasteiger partial charge on any atom is -0.436 e. The van der Waals surface area contributed by atoms with Crippen LogP contribution < -0.4 is 16.0 Å². The lowest BCUT2D eigenvalue weighted by molar-refractivity contribution is 0.461. The molecule has 0 saturated carbocycles. The van der Waals surface area contributed by atoms with E-state index >= 15 is 0 Å². The number of nitrogen functional groups attached to an aromatic ring is 1. The summed E-state index contributed by atoms with van der Waals surface area (Å²) in [5.74, 6) is 6.24. The summed E-state index contributed by atoms with van der Waals surface area (Å²) in [5.41, 5.74) is 2.37. The smallest absolute Gasteiger partial charge is 0.239 e. The van der Waals surface area contributed by atoms with Crippen LogP contribution in [0.1, 0.15) is 0 Å². The van der Waals surface area contributed by atoms with Gasteiger partial charge in [-0.3, -0.25) is 4.98 Å². The molecule has 0 aliphatic rings. The van der Waals surface area contributed by atoms with Crippen molar-refractivity contribution in [2.45, 2.75) is 0 Å². The molecule has 2 rings (SSSR count). The van der Waals surface area contributed by atoms with Gasteiger partial charge in [0.15, 0.2) is 5.82 Å². The average Bonchev–Trinajstić information content (AvgIpc) is 2.36. The van der Waals surface area contributed by atoms with Gasteiger partial charge in [0.05, 0.1) is 22.4 Å². The standard InChI is InChI=1S/C10H7BrCl2N4O/c11-5-1-7(13)8(2-6(5)12)18-10-4-15-3-9(16-10)17-14/h1-4H,14H2,(H,16,17). The summed E-state index contributed by atoms with van der Waals surface area (Å²) in [7, 11) is 0. The first-order valence-corrected chi connectivity index (χ1v) is 6.26. The Morgan fingerprint density at radius 2 is 2.00 bits per heavy atom. The maximum absolute atomic E-state index is 6.02. The fraction of sp³-hybridized carbons (Fsp3) is 0. The largest absolute Gasteiger partial charge is 0.436 e. The van der Waals surface area contributed by atoms with Gasteiger partial charge in [-0.1, -0.05) is 23.2 Å². The van der Waals surface area contributed by atoms with Gasteiger partial charge in [0.2, 0.25) is 5.88 Å². The number of nitrogens with one attached hydrogen (secondary N) is 1. The van der Waals surface area contributed by atoms with Gasteiger partial charge in [-0.2, -0.15) is 4.98 Å². The van der Waals surface area contributed by atoms with Gasteiger partial charge in [0.1, 0.15) is 5.75 Å². The molecule has 1 aromatic heterocycles.